The van der Waals surface area contributed by atoms with Crippen molar-refractivity contribution in [1.82, 2.24) is 5.16 Å². The van der Waals surface area contributed by atoms with E-state index in [2.05, 4.69) is 185 Å². The first-order valence-electron chi connectivity index (χ1n) is 58.3. The molecule has 0 aromatic carbocycles. The van der Waals surface area contributed by atoms with Crippen LogP contribution >= 0.6 is 0 Å². The number of carbonyl (C=O) groups is 8. The molecule has 1 heterocycles. The number of hydrogen-bond donors (Lipinski definition) is 7. The Labute approximate surface area is 861 Å². The largest absolute Gasteiger partial charge is 0.515 e. The molecule has 17 heteroatoms. The number of ketones is 5. The Kier molecular flexibility index (Phi) is 25.9. The molecule has 17 nitrogen and oxygen atoms in total. The molecular weight excluding hydrogens is 1780 g/mol. The number of aliphatic hydroxyl groups excluding tert-OH is 4. The van der Waals surface area contributed by atoms with Crippen molar-refractivity contribution in [3.63, 3.8) is 0 Å². The molecule has 802 valence electrons. The van der Waals surface area contributed by atoms with E-state index in [1.165, 1.54) is 50.5 Å². The number of carbonyl (C=O) groups excluding carboxylic acids is 5. The molecule has 143 heavy (non-hydrogen) atoms. The minimum atomic E-state index is -0.730. The van der Waals surface area contributed by atoms with Gasteiger partial charge in [0.1, 0.15) is 28.9 Å². The van der Waals surface area contributed by atoms with E-state index < -0.39 is 23.3 Å². The Morgan fingerprint density at radius 2 is 0.720 bits per heavy atom. The Balaban J connectivity index is 0.000000126. The van der Waals surface area contributed by atoms with Crippen LogP contribution in [0.5, 0.6) is 0 Å². The van der Waals surface area contributed by atoms with Crippen LogP contribution in [0, 0.1) is 219 Å². The van der Waals surface area contributed by atoms with Gasteiger partial charge in [0.25, 0.3) is 0 Å². The van der Waals surface area contributed by atoms with Gasteiger partial charge in [0.2, 0.25) is 0 Å². The number of aliphatic hydroxyl groups is 4. The zero-order valence-electron chi connectivity index (χ0n) is 94.7. The third kappa shape index (κ3) is 15.4. The SMILES string of the molecule is CC1(C)CC[C@]2(CC(=O)O)CC[C@]3(C)[C@H](C(=O)C[C@@H]4[C@@]5(C)C/C(=C/O)C(=O)C(C)(C)[C@@H]5CC[C@]43C)[C@@H]2C1.CC1(C)CC[C@]2(CC(=O)O)CC[C@]3(C)[C@H](C(=O)C[C@@H]4[C@@]5(C)CCC(=O)C(C)(C)[C@@H]5CC[C@]43C)[C@@H]2C1.CC1(C)CC[C@]2(CC(=O)O)CC[C@]3(C)[C@H](C(=O)C[C@@H]4[C@@]5(C)Cc6cnoc6C(C)(C)[C@@H]5CC[C@]43C)[C@@H]2C1.CC1(C)CC[C@]2(CCO)CC[C@]3(C)[C@H]([C@H](O)C[C@@H]4[C@@]5(C)CC[C@H](O)C(C)(C)[C@@H]5CC[C@]43C)[C@@H]2C1. The van der Waals surface area contributed by atoms with Crippen molar-refractivity contribution in [3.8, 4) is 0 Å². The lowest BCUT2D eigenvalue weighted by Crippen LogP contribution is -2.70. The fraction of sp³-hybridized carbons (Fsp3) is 0.897. The second-order valence-corrected chi connectivity index (χ2v) is 63.7. The third-order valence-corrected chi connectivity index (χ3v) is 54.5. The molecule has 0 spiro atoms. The summed E-state index contributed by atoms with van der Waals surface area (Å²) in [4.78, 5) is 106. The summed E-state index contributed by atoms with van der Waals surface area (Å²) < 4.78 is 5.81. The Morgan fingerprint density at radius 1 is 0.371 bits per heavy atom. The van der Waals surface area contributed by atoms with Crippen LogP contribution in [0.15, 0.2) is 22.6 Å². The van der Waals surface area contributed by atoms with Gasteiger partial charge in [-0.25, -0.2) is 0 Å². The molecule has 0 unspecified atom stereocenters. The number of carboxylic acids is 3. The molecule has 21 rings (SSSR count). The molecule has 0 amide bonds. The average Bonchev–Trinajstić information content (AvgIpc) is 1.41. The van der Waals surface area contributed by atoms with E-state index in [9.17, 15) is 74.1 Å². The molecule has 0 saturated heterocycles. The molecular formula is C126H197NO16. The normalized spacial score (nSPS) is 50.7. The highest BCUT2D eigenvalue weighted by Gasteiger charge is 2.80. The summed E-state index contributed by atoms with van der Waals surface area (Å²) in [7, 11) is 0. The summed E-state index contributed by atoms with van der Waals surface area (Å²) in [5.74, 6) is 4.46. The van der Waals surface area contributed by atoms with Gasteiger partial charge in [-0.2, -0.15) is 0 Å². The smallest absolute Gasteiger partial charge is 0.303 e. The first-order chi connectivity index (χ1) is 65.8. The highest BCUT2D eigenvalue weighted by atomic mass is 16.5. The maximum absolute atomic E-state index is 14.5. The number of hydrogen-bond acceptors (Lipinski definition) is 14. The molecule has 20 aliphatic rings. The standard InChI is InChI=1S/C32H47NO4.C32H48O5.C31H48O4.C31H54O3/c1-27(2)10-12-32(17-24(35)36)13-11-31(7)25(20(32)16-27)21(34)14-23-29(5)15-19-18-33-37-26(19)28(3,4)22(29)8-9-30(23,31)6;1-27(2)10-12-32(17-24(35)36)13-11-31(7)25(20(32)16-27)21(34)14-23-29(5)15-19(18-33)26(37)28(3,4)22(29)8-9-30(23,31)6;1-26(2)12-14-31(18-24(34)35)15-13-30(7)25(19(31)17-26)20(32)16-22-28(5)10-9-23(33)27(3,4)21(28)8-11-29(22,30)6;1-26(2)12-14-31(16-17-32)15-13-30(7)25(20(31)19-26)21(33)18-23-28(5)10-9-24(34)27(3,4)22(28)8-11-29(23,30)6/h18,20,22-23,25H,8-17H2,1-7H3,(H,35,36);18,20,22-23,25,33H,8-17H2,1-7H3,(H,35,36);19,21-22,25H,8-18H2,1-7H3,(H,34,35);20-25,32-34H,8-19H2,1-7H3/b;19-18-;;/t2*20-,22-,23+,25-,29-,30+,31+,32+;19-,21-,22+,25-,28-,29+,30+,31+;20-,21+,22-,23+,24-,25-,28-,29+,30+,31+/m0000/s1. The number of Topliss-reactive ketones (excluding diaryl/α,β-unsaturated/α-hetero) is 5. The van der Waals surface area contributed by atoms with Crippen molar-refractivity contribution in [2.24, 2.45) is 219 Å². The maximum Gasteiger partial charge on any atom is 0.303 e. The monoisotopic (exact) mass is 1980 g/mol. The summed E-state index contributed by atoms with van der Waals surface area (Å²) >= 11 is 0. The molecule has 1 aromatic rings. The van der Waals surface area contributed by atoms with E-state index in [4.69, 9.17) is 4.52 Å². The fourth-order valence-corrected chi connectivity index (χ4v) is 46.1. The molecule has 0 radical (unpaired) electrons. The quantitative estimate of drug-likeness (QED) is 0.0940. The average molecular weight is 1980 g/mol. The second kappa shape index (κ2) is 34.2. The number of rotatable bonds is 8. The lowest BCUT2D eigenvalue weighted by Gasteiger charge is -2.74. The minimum Gasteiger partial charge on any atom is -0.515 e. The lowest BCUT2D eigenvalue weighted by atomic mass is 9.31. The van der Waals surface area contributed by atoms with E-state index in [-0.39, 0.29) is 210 Å². The predicted octanol–water partition coefficient (Wildman–Crippen LogP) is 28.0. The third-order valence-electron chi connectivity index (χ3n) is 54.5. The Hall–Kier alpha value is -4.61. The van der Waals surface area contributed by atoms with E-state index >= 15 is 0 Å². The second-order valence-electron chi connectivity index (χ2n) is 63.7. The first kappa shape index (κ1) is 108. The molecule has 20 aliphatic carbocycles. The number of allylic oxidation sites excluding steroid dienone is 1. The van der Waals surface area contributed by atoms with E-state index in [0.29, 0.717) is 114 Å². The highest BCUT2D eigenvalue weighted by Crippen LogP contribution is 2.84. The predicted molar refractivity (Wildman–Crippen MR) is 560 cm³/mol. The molecule has 34 atom stereocenters. The van der Waals surface area contributed by atoms with Crippen molar-refractivity contribution in [2.75, 3.05) is 6.61 Å². The van der Waals surface area contributed by atoms with Crippen LogP contribution in [0.25, 0.3) is 0 Å². The maximum atomic E-state index is 14.5. The number of nitrogens with zero attached hydrogens (tertiary/aromatic N) is 1. The number of fused-ring (bicyclic) bond motifs is 29. The summed E-state index contributed by atoms with van der Waals surface area (Å²) in [6.07, 6.45) is 41.0. The van der Waals surface area contributed by atoms with Gasteiger partial charge >= 0.3 is 17.9 Å². The molecule has 19 fully saturated rings. The Bertz CT molecular complexity index is 5250. The minimum absolute atomic E-state index is 0.00941. The van der Waals surface area contributed by atoms with Gasteiger partial charge in [0.15, 0.2) is 5.78 Å². The van der Waals surface area contributed by atoms with Gasteiger partial charge in [0.05, 0.1) is 43.9 Å². The number of aliphatic carboxylic acids is 3. The Morgan fingerprint density at radius 3 is 1.13 bits per heavy atom. The van der Waals surface area contributed by atoms with Crippen LogP contribution in [-0.4, -0.2) is 107 Å². The van der Waals surface area contributed by atoms with Gasteiger partial charge in [-0.05, 0) is 415 Å². The first-order valence-corrected chi connectivity index (χ1v) is 58.3. The summed E-state index contributed by atoms with van der Waals surface area (Å²) in [5.41, 5.74) is 0.890. The lowest BCUT2D eigenvalue weighted by molar-refractivity contribution is -0.280. The van der Waals surface area contributed by atoms with Gasteiger partial charge in [-0.3, -0.25) is 38.4 Å². The summed E-state index contributed by atoms with van der Waals surface area (Å²) in [6.45, 7) is 66.2. The van der Waals surface area contributed by atoms with Crippen LogP contribution in [0.3, 0.4) is 0 Å². The topological polar surface area (TPSA) is 304 Å². The van der Waals surface area contributed by atoms with Gasteiger partial charge < -0.3 is 40.3 Å². The van der Waals surface area contributed by atoms with Crippen LogP contribution < -0.4 is 0 Å². The van der Waals surface area contributed by atoms with Crippen molar-refractivity contribution < 1.29 is 78.6 Å². The van der Waals surface area contributed by atoms with E-state index in [1.54, 1.807) is 0 Å². The number of carboxylic acid groups (broad SMARTS) is 3. The fourth-order valence-electron chi connectivity index (χ4n) is 46.1. The highest BCUT2D eigenvalue weighted by molar-refractivity contribution is 6.01. The zero-order valence-corrected chi connectivity index (χ0v) is 94.7. The van der Waals surface area contributed by atoms with Crippen LogP contribution in [0.1, 0.15) is 468 Å². The van der Waals surface area contributed by atoms with Crippen LogP contribution in [0.2, 0.25) is 0 Å². The zero-order chi connectivity index (χ0) is 105. The summed E-state index contributed by atoms with van der Waals surface area (Å²) in [5, 5.41) is 77.2. The van der Waals surface area contributed by atoms with Crippen LogP contribution in [-0.2, 0) is 50.2 Å². The van der Waals surface area contributed by atoms with Gasteiger partial charge in [0, 0.05) is 77.4 Å². The van der Waals surface area contributed by atoms with Gasteiger partial charge in [-0.15, -0.1) is 0 Å². The van der Waals surface area contributed by atoms with E-state index in [1.807, 2.05) is 20.0 Å². The van der Waals surface area contributed by atoms with Crippen molar-refractivity contribution in [1.29, 1.82) is 0 Å². The number of aromatic nitrogens is 1. The summed E-state index contributed by atoms with van der Waals surface area (Å²) in [6, 6.07) is 0. The van der Waals surface area contributed by atoms with Crippen molar-refractivity contribution in [2.45, 2.75) is 481 Å². The van der Waals surface area contributed by atoms with Gasteiger partial charge in [-0.1, -0.05) is 199 Å². The molecule has 19 saturated carbocycles. The molecule has 0 aliphatic heterocycles. The molecule has 1 aromatic heterocycles. The molecule has 0 bridgehead atoms. The van der Waals surface area contributed by atoms with Crippen molar-refractivity contribution in [3.05, 3.63) is 29.4 Å². The van der Waals surface area contributed by atoms with E-state index in [0.717, 1.165) is 185 Å². The molecule has 7 N–H and O–H groups in total. The van der Waals surface area contributed by atoms with Crippen LogP contribution in [0.4, 0.5) is 0 Å². The van der Waals surface area contributed by atoms with Crippen molar-refractivity contribution >= 4 is 46.8 Å².